The van der Waals surface area contributed by atoms with E-state index in [1.54, 1.807) is 18.2 Å². The van der Waals surface area contributed by atoms with E-state index in [-0.39, 0.29) is 11.7 Å². The number of rotatable bonds is 5. The zero-order valence-corrected chi connectivity index (χ0v) is 21.7. The summed E-state index contributed by atoms with van der Waals surface area (Å²) >= 11 is 0. The lowest BCUT2D eigenvalue weighted by molar-refractivity contribution is -0.130. The first-order chi connectivity index (χ1) is 19.0. The number of nitrogens with one attached hydrogen (secondary N) is 1. The number of carbonyl (C=O) groups excluding carboxylic acids is 1. The number of aromatic nitrogens is 1. The molecule has 0 fully saturated rings. The molecule has 1 aromatic heterocycles. The molecule has 2 heterocycles. The van der Waals surface area contributed by atoms with Crippen molar-refractivity contribution < 1.29 is 9.18 Å². The molecular formula is C33H27FN4O. The Morgan fingerprint density at radius 3 is 2.49 bits per heavy atom. The minimum absolute atomic E-state index is 0.235. The highest BCUT2D eigenvalue weighted by Gasteiger charge is 2.33. The Balaban J connectivity index is 1.40. The largest absolute Gasteiger partial charge is 0.354 e. The molecule has 0 saturated carbocycles. The number of fused-ring (bicyclic) bond motifs is 1. The SMILES string of the molecule is CC(=O)N1N=C(c2ccccc2N=Cc2c(-c3ccc(C)cc3)[nH]c3ccccc23)CC1c1ccccc1F. The van der Waals surface area contributed by atoms with Crippen molar-refractivity contribution in [3.63, 3.8) is 0 Å². The number of aromatic amines is 1. The number of carbonyl (C=O) groups is 1. The van der Waals surface area contributed by atoms with Crippen LogP contribution in [0.15, 0.2) is 107 Å². The van der Waals surface area contributed by atoms with Crippen molar-refractivity contribution in [1.29, 1.82) is 0 Å². The van der Waals surface area contributed by atoms with Crippen molar-refractivity contribution in [2.45, 2.75) is 26.3 Å². The van der Waals surface area contributed by atoms with Crippen LogP contribution in [0.2, 0.25) is 0 Å². The molecular weight excluding hydrogens is 487 g/mol. The standard InChI is InChI=1S/C33H27FN4O/c1-21-15-17-23(18-16-21)33-27(24-9-4-8-14-30(24)36-33)20-35-29-13-7-5-11-26(29)31-19-32(38(37-31)22(2)39)25-10-3-6-12-28(25)34/h3-18,20,32,36H,19H2,1-2H3. The molecule has 1 N–H and O–H groups in total. The summed E-state index contributed by atoms with van der Waals surface area (Å²) in [4.78, 5) is 21.0. The van der Waals surface area contributed by atoms with Gasteiger partial charge in [-0.25, -0.2) is 9.40 Å². The number of para-hydroxylation sites is 2. The fraction of sp³-hybridized carbons (Fsp3) is 0.121. The number of aryl methyl sites for hydroxylation is 1. The lowest BCUT2D eigenvalue weighted by atomic mass is 9.97. The van der Waals surface area contributed by atoms with Crippen LogP contribution in [0.25, 0.3) is 22.2 Å². The minimum Gasteiger partial charge on any atom is -0.354 e. The number of nitrogens with zero attached hydrogens (tertiary/aromatic N) is 3. The fourth-order valence-electron chi connectivity index (χ4n) is 5.16. The average molecular weight is 515 g/mol. The summed E-state index contributed by atoms with van der Waals surface area (Å²) in [5, 5.41) is 7.10. The molecule has 6 heteroatoms. The van der Waals surface area contributed by atoms with Crippen LogP contribution in [0.1, 0.15) is 41.6 Å². The Kier molecular flexibility index (Phi) is 6.37. The van der Waals surface area contributed by atoms with E-state index in [1.807, 2.05) is 42.6 Å². The van der Waals surface area contributed by atoms with Gasteiger partial charge in [-0.3, -0.25) is 9.79 Å². The topological polar surface area (TPSA) is 60.8 Å². The molecule has 0 bridgehead atoms. The van der Waals surface area contributed by atoms with E-state index in [0.717, 1.165) is 39.0 Å². The summed E-state index contributed by atoms with van der Waals surface area (Å²) in [7, 11) is 0. The van der Waals surface area contributed by atoms with Gasteiger partial charge >= 0.3 is 0 Å². The highest BCUT2D eigenvalue weighted by molar-refractivity contribution is 6.09. The molecule has 0 radical (unpaired) electrons. The first kappa shape index (κ1) is 24.5. The Morgan fingerprint density at radius 2 is 1.69 bits per heavy atom. The number of aliphatic imine (C=N–C) groups is 1. The maximum absolute atomic E-state index is 14.7. The second-order valence-electron chi connectivity index (χ2n) is 9.75. The van der Waals surface area contributed by atoms with Gasteiger partial charge in [0.25, 0.3) is 0 Å². The second-order valence-corrected chi connectivity index (χ2v) is 9.75. The number of amides is 1. The van der Waals surface area contributed by atoms with Gasteiger partial charge in [-0.15, -0.1) is 0 Å². The molecule has 0 saturated heterocycles. The van der Waals surface area contributed by atoms with Gasteiger partial charge in [0.15, 0.2) is 0 Å². The van der Waals surface area contributed by atoms with Gasteiger partial charge in [0.1, 0.15) is 5.82 Å². The molecule has 192 valence electrons. The van der Waals surface area contributed by atoms with E-state index >= 15 is 0 Å². The maximum Gasteiger partial charge on any atom is 0.240 e. The van der Waals surface area contributed by atoms with Crippen molar-refractivity contribution in [3.8, 4) is 11.3 Å². The van der Waals surface area contributed by atoms with Crippen LogP contribution in [-0.2, 0) is 4.79 Å². The first-order valence-corrected chi connectivity index (χ1v) is 12.9. The lowest BCUT2D eigenvalue weighted by Crippen LogP contribution is -2.25. The Bertz CT molecular complexity index is 1750. The quantitative estimate of drug-likeness (QED) is 0.240. The van der Waals surface area contributed by atoms with E-state index < -0.39 is 6.04 Å². The van der Waals surface area contributed by atoms with Crippen LogP contribution < -0.4 is 0 Å². The molecule has 0 spiro atoms. The summed E-state index contributed by atoms with van der Waals surface area (Å²) in [5.74, 6) is -0.583. The predicted octanol–water partition coefficient (Wildman–Crippen LogP) is 7.73. The molecule has 5 aromatic rings. The van der Waals surface area contributed by atoms with Crippen molar-refractivity contribution in [1.82, 2.24) is 9.99 Å². The van der Waals surface area contributed by atoms with Crippen LogP contribution in [0.4, 0.5) is 10.1 Å². The predicted molar refractivity (Wildman–Crippen MR) is 155 cm³/mol. The van der Waals surface area contributed by atoms with Gasteiger partial charge in [-0.1, -0.05) is 84.4 Å². The van der Waals surface area contributed by atoms with Crippen LogP contribution in [0.3, 0.4) is 0 Å². The molecule has 6 rings (SSSR count). The molecule has 1 amide bonds. The van der Waals surface area contributed by atoms with Crippen molar-refractivity contribution in [3.05, 3.63) is 125 Å². The molecule has 5 nitrogen and oxygen atoms in total. The lowest BCUT2D eigenvalue weighted by Gasteiger charge is -2.20. The van der Waals surface area contributed by atoms with Crippen LogP contribution in [0.5, 0.6) is 0 Å². The molecule has 1 aliphatic heterocycles. The summed E-state index contributed by atoms with van der Waals surface area (Å²) in [6.45, 7) is 3.53. The third-order valence-electron chi connectivity index (χ3n) is 7.13. The zero-order valence-electron chi connectivity index (χ0n) is 21.7. The van der Waals surface area contributed by atoms with Gasteiger partial charge < -0.3 is 4.98 Å². The monoisotopic (exact) mass is 514 g/mol. The first-order valence-electron chi connectivity index (χ1n) is 12.9. The van der Waals surface area contributed by atoms with Crippen molar-refractivity contribution in [2.75, 3.05) is 0 Å². The number of hydrogen-bond acceptors (Lipinski definition) is 3. The van der Waals surface area contributed by atoms with Crippen LogP contribution >= 0.6 is 0 Å². The summed E-state index contributed by atoms with van der Waals surface area (Å²) < 4.78 is 14.7. The maximum atomic E-state index is 14.7. The Hall–Kier alpha value is -4.84. The average Bonchev–Trinajstić information content (AvgIpc) is 3.55. The number of hydrazone groups is 1. The normalized spacial score (nSPS) is 15.3. The minimum atomic E-state index is -0.502. The molecule has 4 aromatic carbocycles. The van der Waals surface area contributed by atoms with Gasteiger partial charge in [0, 0.05) is 47.2 Å². The Morgan fingerprint density at radius 1 is 0.974 bits per heavy atom. The number of halogens is 1. The van der Waals surface area contributed by atoms with Gasteiger partial charge in [0.2, 0.25) is 5.91 Å². The van der Waals surface area contributed by atoms with Gasteiger partial charge in [-0.2, -0.15) is 5.10 Å². The molecule has 1 aliphatic rings. The highest BCUT2D eigenvalue weighted by Crippen LogP contribution is 2.36. The van der Waals surface area contributed by atoms with E-state index in [9.17, 15) is 9.18 Å². The molecule has 1 atom stereocenters. The summed E-state index contributed by atoms with van der Waals surface area (Å²) in [6, 6.07) is 30.4. The molecule has 39 heavy (non-hydrogen) atoms. The van der Waals surface area contributed by atoms with Crippen molar-refractivity contribution >= 4 is 34.4 Å². The van der Waals surface area contributed by atoms with E-state index in [4.69, 9.17) is 4.99 Å². The van der Waals surface area contributed by atoms with E-state index in [0.29, 0.717) is 17.7 Å². The fourth-order valence-corrected chi connectivity index (χ4v) is 5.16. The summed E-state index contributed by atoms with van der Waals surface area (Å²) in [5.41, 5.74) is 8.00. The van der Waals surface area contributed by atoms with Crippen LogP contribution in [-0.4, -0.2) is 27.8 Å². The van der Waals surface area contributed by atoms with Crippen molar-refractivity contribution in [2.24, 2.45) is 10.1 Å². The smallest absolute Gasteiger partial charge is 0.240 e. The second kappa shape index (κ2) is 10.1. The highest BCUT2D eigenvalue weighted by atomic mass is 19.1. The molecule has 1 unspecified atom stereocenters. The van der Waals surface area contributed by atoms with E-state index in [2.05, 4.69) is 53.4 Å². The number of hydrogen-bond donors (Lipinski definition) is 1. The Labute approximate surface area is 226 Å². The summed E-state index contributed by atoms with van der Waals surface area (Å²) in [6.07, 6.45) is 2.29. The van der Waals surface area contributed by atoms with Gasteiger partial charge in [-0.05, 0) is 30.7 Å². The zero-order chi connectivity index (χ0) is 26.9. The molecule has 0 aliphatic carbocycles. The third-order valence-corrected chi connectivity index (χ3v) is 7.13. The number of H-pyrrole nitrogens is 1. The van der Waals surface area contributed by atoms with E-state index in [1.165, 1.54) is 23.6 Å². The van der Waals surface area contributed by atoms with Crippen LogP contribution in [0, 0.1) is 12.7 Å². The number of benzene rings is 4. The van der Waals surface area contributed by atoms with Gasteiger partial charge in [0.05, 0.1) is 23.1 Å². The third kappa shape index (κ3) is 4.66.